The second-order valence-electron chi connectivity index (χ2n) is 4.41. The van der Waals surface area contributed by atoms with Crippen molar-refractivity contribution in [2.75, 3.05) is 11.1 Å². The van der Waals surface area contributed by atoms with Crippen LogP contribution in [-0.4, -0.2) is 20.7 Å². The molecular weight excluding hydrogens is 254 g/mol. The van der Waals surface area contributed by atoms with Crippen LogP contribution < -0.4 is 11.1 Å². The number of rotatable bonds is 2. The van der Waals surface area contributed by atoms with Crippen molar-refractivity contribution in [2.24, 2.45) is 7.05 Å². The average Bonchev–Trinajstić information content (AvgIpc) is 2.84. The Kier molecular flexibility index (Phi) is 2.83. The summed E-state index contributed by atoms with van der Waals surface area (Å²) < 4.78 is 1.57. The molecule has 0 spiro atoms. The lowest BCUT2D eigenvalue weighted by Gasteiger charge is -2.07. The number of aromatic nitrogens is 3. The summed E-state index contributed by atoms with van der Waals surface area (Å²) in [4.78, 5) is 16.3. The molecule has 0 saturated heterocycles. The molecule has 3 aromatic rings. The van der Waals surface area contributed by atoms with Gasteiger partial charge in [-0.1, -0.05) is 24.3 Å². The van der Waals surface area contributed by atoms with Gasteiger partial charge in [-0.15, -0.1) is 0 Å². The van der Waals surface area contributed by atoms with Gasteiger partial charge < -0.3 is 11.1 Å². The van der Waals surface area contributed by atoms with Gasteiger partial charge in [-0.3, -0.25) is 9.48 Å². The number of nitrogen functional groups attached to an aromatic ring is 1. The van der Waals surface area contributed by atoms with E-state index in [9.17, 15) is 4.79 Å². The molecule has 0 radical (unpaired) electrons. The number of anilines is 2. The van der Waals surface area contributed by atoms with Crippen LogP contribution >= 0.6 is 0 Å². The Hall–Kier alpha value is -2.89. The molecule has 0 aliphatic carbocycles. The van der Waals surface area contributed by atoms with Gasteiger partial charge in [0.05, 0.1) is 6.20 Å². The van der Waals surface area contributed by atoms with Crippen molar-refractivity contribution in [3.63, 3.8) is 0 Å². The first-order valence-corrected chi connectivity index (χ1v) is 6.10. The van der Waals surface area contributed by atoms with E-state index in [1.165, 1.54) is 0 Å². The van der Waals surface area contributed by atoms with Gasteiger partial charge in [0, 0.05) is 18.5 Å². The van der Waals surface area contributed by atoms with Crippen LogP contribution in [0.2, 0.25) is 0 Å². The maximum Gasteiger partial charge on any atom is 0.275 e. The topological polar surface area (TPSA) is 85.8 Å². The van der Waals surface area contributed by atoms with Crippen LogP contribution in [0.25, 0.3) is 10.8 Å². The Morgan fingerprint density at radius 1 is 1.30 bits per heavy atom. The van der Waals surface area contributed by atoms with E-state index in [2.05, 4.69) is 15.4 Å². The Labute approximate surface area is 115 Å². The Bertz CT molecular complexity index is 793. The number of pyridine rings is 1. The van der Waals surface area contributed by atoms with Gasteiger partial charge >= 0.3 is 0 Å². The number of fused-ring (bicyclic) bond motifs is 1. The van der Waals surface area contributed by atoms with E-state index >= 15 is 0 Å². The fourth-order valence-corrected chi connectivity index (χ4v) is 2.02. The van der Waals surface area contributed by atoms with Crippen molar-refractivity contribution in [1.82, 2.24) is 14.8 Å². The molecule has 0 bridgehead atoms. The summed E-state index contributed by atoms with van der Waals surface area (Å²) in [7, 11) is 1.75. The van der Waals surface area contributed by atoms with E-state index in [4.69, 9.17) is 5.73 Å². The summed E-state index contributed by atoms with van der Waals surface area (Å²) >= 11 is 0. The molecule has 6 heteroatoms. The molecule has 20 heavy (non-hydrogen) atoms. The van der Waals surface area contributed by atoms with Crippen LogP contribution in [0.15, 0.2) is 42.6 Å². The van der Waals surface area contributed by atoms with Gasteiger partial charge in [-0.2, -0.15) is 5.10 Å². The van der Waals surface area contributed by atoms with Crippen molar-refractivity contribution in [3.8, 4) is 0 Å². The number of benzene rings is 1. The molecule has 0 aliphatic rings. The van der Waals surface area contributed by atoms with Crippen LogP contribution in [0.5, 0.6) is 0 Å². The highest BCUT2D eigenvalue weighted by Gasteiger charge is 2.12. The quantitative estimate of drug-likeness (QED) is 0.741. The van der Waals surface area contributed by atoms with Crippen LogP contribution in [0.1, 0.15) is 10.5 Å². The molecule has 3 rings (SSSR count). The minimum Gasteiger partial charge on any atom is -0.383 e. The first kappa shape index (κ1) is 12.2. The SMILES string of the molecule is Cn1nccc1NC(=O)c1cc2ccccc2c(N)n1. The first-order valence-electron chi connectivity index (χ1n) is 6.10. The number of nitrogens with two attached hydrogens (primary N) is 1. The average molecular weight is 267 g/mol. The molecule has 0 unspecified atom stereocenters. The van der Waals surface area contributed by atoms with E-state index in [-0.39, 0.29) is 11.6 Å². The number of carbonyl (C=O) groups excluding carboxylic acids is 1. The molecule has 2 aromatic heterocycles. The maximum atomic E-state index is 12.2. The molecule has 0 aliphatic heterocycles. The molecule has 0 atom stereocenters. The lowest BCUT2D eigenvalue weighted by molar-refractivity contribution is 0.102. The summed E-state index contributed by atoms with van der Waals surface area (Å²) in [6.45, 7) is 0. The first-order chi connectivity index (χ1) is 9.65. The number of amides is 1. The second kappa shape index (κ2) is 4.65. The minimum absolute atomic E-state index is 0.280. The number of aryl methyl sites for hydroxylation is 1. The van der Waals surface area contributed by atoms with E-state index < -0.39 is 0 Å². The van der Waals surface area contributed by atoms with Crippen molar-refractivity contribution in [2.45, 2.75) is 0 Å². The van der Waals surface area contributed by atoms with Gasteiger partial charge in [0.25, 0.3) is 5.91 Å². The van der Waals surface area contributed by atoms with Crippen LogP contribution in [0.4, 0.5) is 11.6 Å². The predicted octanol–water partition coefficient (Wildman–Crippen LogP) is 1.80. The van der Waals surface area contributed by atoms with Crippen molar-refractivity contribution in [1.29, 1.82) is 0 Å². The minimum atomic E-state index is -0.314. The predicted molar refractivity (Wildman–Crippen MR) is 77.3 cm³/mol. The van der Waals surface area contributed by atoms with Crippen LogP contribution in [0.3, 0.4) is 0 Å². The van der Waals surface area contributed by atoms with Gasteiger partial charge in [0.15, 0.2) is 0 Å². The molecule has 3 N–H and O–H groups in total. The standard InChI is InChI=1S/C14H13N5O/c1-19-12(6-7-16-19)18-14(20)11-8-9-4-2-3-5-10(9)13(15)17-11/h2-8H,1H3,(H2,15,17)(H,18,20). The van der Waals surface area contributed by atoms with E-state index in [0.717, 1.165) is 10.8 Å². The molecular formula is C14H13N5O. The van der Waals surface area contributed by atoms with Gasteiger partial charge in [-0.25, -0.2) is 4.98 Å². The normalized spacial score (nSPS) is 10.7. The van der Waals surface area contributed by atoms with Crippen molar-refractivity contribution in [3.05, 3.63) is 48.3 Å². The van der Waals surface area contributed by atoms with E-state index in [0.29, 0.717) is 11.6 Å². The largest absolute Gasteiger partial charge is 0.383 e. The highest BCUT2D eigenvalue weighted by atomic mass is 16.2. The summed E-state index contributed by atoms with van der Waals surface area (Å²) in [6.07, 6.45) is 1.61. The summed E-state index contributed by atoms with van der Waals surface area (Å²) in [5.74, 6) is 0.632. The third kappa shape index (κ3) is 2.07. The Morgan fingerprint density at radius 2 is 2.10 bits per heavy atom. The van der Waals surface area contributed by atoms with E-state index in [1.807, 2.05) is 24.3 Å². The number of nitrogens with one attached hydrogen (secondary N) is 1. The second-order valence-corrected chi connectivity index (χ2v) is 4.41. The van der Waals surface area contributed by atoms with Crippen LogP contribution in [0, 0.1) is 0 Å². The van der Waals surface area contributed by atoms with Crippen molar-refractivity contribution < 1.29 is 4.79 Å². The molecule has 6 nitrogen and oxygen atoms in total. The zero-order valence-corrected chi connectivity index (χ0v) is 10.9. The smallest absolute Gasteiger partial charge is 0.275 e. The molecule has 0 saturated carbocycles. The van der Waals surface area contributed by atoms with Gasteiger partial charge in [-0.05, 0) is 11.5 Å². The number of hydrogen-bond donors (Lipinski definition) is 2. The number of nitrogens with zero attached hydrogens (tertiary/aromatic N) is 3. The monoisotopic (exact) mass is 267 g/mol. The fraction of sp³-hybridized carbons (Fsp3) is 0.0714. The van der Waals surface area contributed by atoms with Crippen molar-refractivity contribution >= 4 is 28.3 Å². The fourth-order valence-electron chi connectivity index (χ4n) is 2.02. The molecule has 0 fully saturated rings. The third-order valence-electron chi connectivity index (χ3n) is 3.07. The third-order valence-corrected chi connectivity index (χ3v) is 3.07. The molecule has 2 heterocycles. The summed E-state index contributed by atoms with van der Waals surface area (Å²) in [5, 5.41) is 8.45. The van der Waals surface area contributed by atoms with Gasteiger partial charge in [0.1, 0.15) is 17.3 Å². The molecule has 1 amide bonds. The summed E-state index contributed by atoms with van der Waals surface area (Å²) in [5.41, 5.74) is 6.17. The zero-order chi connectivity index (χ0) is 14.1. The number of carbonyl (C=O) groups is 1. The highest BCUT2D eigenvalue weighted by Crippen LogP contribution is 2.20. The van der Waals surface area contributed by atoms with Gasteiger partial charge in [0.2, 0.25) is 0 Å². The molecule has 1 aromatic carbocycles. The summed E-state index contributed by atoms with van der Waals surface area (Å²) in [6, 6.07) is 11.0. The van der Waals surface area contributed by atoms with Crippen LogP contribution in [-0.2, 0) is 7.05 Å². The Morgan fingerprint density at radius 3 is 2.85 bits per heavy atom. The lowest BCUT2D eigenvalue weighted by atomic mass is 10.1. The highest BCUT2D eigenvalue weighted by molar-refractivity contribution is 6.05. The zero-order valence-electron chi connectivity index (χ0n) is 10.9. The molecule has 100 valence electrons. The Balaban J connectivity index is 1.98. The maximum absolute atomic E-state index is 12.2. The number of hydrogen-bond acceptors (Lipinski definition) is 4. The van der Waals surface area contributed by atoms with E-state index in [1.54, 1.807) is 30.1 Å². The lowest BCUT2D eigenvalue weighted by Crippen LogP contribution is -2.16.